The van der Waals surface area contributed by atoms with Gasteiger partial charge in [0.25, 0.3) is 5.91 Å². The third-order valence-corrected chi connectivity index (χ3v) is 9.88. The van der Waals surface area contributed by atoms with Gasteiger partial charge in [-0.25, -0.2) is 18.4 Å². The maximum Gasteiger partial charge on any atom is 0.257 e. The maximum absolute atomic E-state index is 13.2. The highest BCUT2D eigenvalue weighted by Crippen LogP contribution is 2.35. The number of aromatic nitrogens is 2. The van der Waals surface area contributed by atoms with Gasteiger partial charge in [0.1, 0.15) is 5.52 Å². The lowest BCUT2D eigenvalue weighted by molar-refractivity contribution is 0.102. The molecule has 0 saturated heterocycles. The van der Waals surface area contributed by atoms with Crippen molar-refractivity contribution < 1.29 is 13.2 Å². The molecule has 7 nitrogen and oxygen atoms in total. The zero-order valence-corrected chi connectivity index (χ0v) is 21.1. The number of nitrogens with zero attached hydrogens (tertiary/aromatic N) is 3. The summed E-state index contributed by atoms with van der Waals surface area (Å²) in [5.41, 5.74) is 4.26. The van der Waals surface area contributed by atoms with E-state index in [0.717, 1.165) is 31.0 Å². The van der Waals surface area contributed by atoms with Gasteiger partial charge in [-0.05, 0) is 60.9 Å². The summed E-state index contributed by atoms with van der Waals surface area (Å²) in [5.74, 6) is -0.342. The zero-order chi connectivity index (χ0) is 24.2. The molecule has 0 atom stereocenters. The topological polar surface area (TPSA) is 92.3 Å². The molecule has 0 bridgehead atoms. The lowest BCUT2D eigenvalue weighted by Crippen LogP contribution is -2.35. The fourth-order valence-electron chi connectivity index (χ4n) is 4.31. The average Bonchev–Trinajstić information content (AvgIpc) is 3.45. The van der Waals surface area contributed by atoms with Crippen molar-refractivity contribution in [3.63, 3.8) is 0 Å². The molecule has 176 valence electrons. The first-order valence-electron chi connectivity index (χ1n) is 11.0. The van der Waals surface area contributed by atoms with E-state index in [2.05, 4.69) is 15.3 Å². The van der Waals surface area contributed by atoms with Crippen LogP contribution in [-0.2, 0) is 23.0 Å². The first-order valence-corrected chi connectivity index (χ1v) is 14.1. The van der Waals surface area contributed by atoms with Crippen molar-refractivity contribution in [3.05, 3.63) is 82.4 Å². The largest absolute Gasteiger partial charge is 0.298 e. The van der Waals surface area contributed by atoms with E-state index in [0.29, 0.717) is 30.2 Å². The van der Waals surface area contributed by atoms with Crippen LogP contribution in [0.3, 0.4) is 0 Å². The molecule has 0 saturated carbocycles. The summed E-state index contributed by atoms with van der Waals surface area (Å²) < 4.78 is 29.9. The van der Waals surface area contributed by atoms with Crippen LogP contribution in [0, 0.1) is 6.92 Å². The van der Waals surface area contributed by atoms with Crippen molar-refractivity contribution >= 4 is 64.2 Å². The molecule has 3 heterocycles. The lowest BCUT2D eigenvalue weighted by atomic mass is 10.0. The Bertz CT molecular complexity index is 1710. The van der Waals surface area contributed by atoms with Crippen LogP contribution in [0.4, 0.5) is 5.13 Å². The predicted octanol–water partition coefficient (Wildman–Crippen LogP) is 5.21. The number of thiazole rings is 2. The first-order chi connectivity index (χ1) is 16.9. The number of hydrogen-bond acceptors (Lipinski definition) is 7. The van der Waals surface area contributed by atoms with Gasteiger partial charge in [0.15, 0.2) is 5.13 Å². The lowest BCUT2D eigenvalue weighted by Gasteiger charge is -2.28. The number of rotatable bonds is 4. The molecule has 0 fully saturated rings. The number of anilines is 1. The van der Waals surface area contributed by atoms with Crippen LogP contribution < -0.4 is 5.32 Å². The Morgan fingerprint density at radius 1 is 0.971 bits per heavy atom. The Balaban J connectivity index is 1.21. The SMILES string of the molecule is Cc1nc2c(ccc3nc(NC(=O)c4ccc(S(=O)(=O)N5CCc6ccccc6C5)cc4)sc32)s1. The molecular formula is C25H20N4O3S3. The van der Waals surface area contributed by atoms with E-state index >= 15 is 0 Å². The molecule has 0 aliphatic carbocycles. The van der Waals surface area contributed by atoms with Gasteiger partial charge < -0.3 is 0 Å². The van der Waals surface area contributed by atoms with Gasteiger partial charge in [0.2, 0.25) is 10.0 Å². The standard InChI is InChI=1S/C25H20N4O3S3/c1-15-26-22-21(33-15)11-10-20-23(22)34-25(27-20)28-24(30)17-6-8-19(9-7-17)35(31,32)29-13-12-16-4-2-3-5-18(16)14-29/h2-11H,12-14H2,1H3,(H,27,28,30). The summed E-state index contributed by atoms with van der Waals surface area (Å²) in [6.45, 7) is 2.75. The molecule has 3 aromatic carbocycles. The van der Waals surface area contributed by atoms with Crippen molar-refractivity contribution in [1.82, 2.24) is 14.3 Å². The molecule has 1 amide bonds. The minimum atomic E-state index is -3.66. The molecule has 0 spiro atoms. The zero-order valence-electron chi connectivity index (χ0n) is 18.7. The van der Waals surface area contributed by atoms with Crippen molar-refractivity contribution in [2.24, 2.45) is 0 Å². The Morgan fingerprint density at radius 3 is 2.54 bits per heavy atom. The number of carbonyl (C=O) groups is 1. The second-order valence-corrected chi connectivity index (χ2v) is 12.5. The molecular weight excluding hydrogens is 501 g/mol. The number of carbonyl (C=O) groups excluding carboxylic acids is 1. The highest BCUT2D eigenvalue weighted by Gasteiger charge is 2.28. The first kappa shape index (κ1) is 22.3. The Labute approximate surface area is 210 Å². The third-order valence-electron chi connectivity index (χ3n) is 6.09. The summed E-state index contributed by atoms with van der Waals surface area (Å²) >= 11 is 3.01. The summed E-state index contributed by atoms with van der Waals surface area (Å²) in [4.78, 5) is 22.1. The molecule has 2 aromatic heterocycles. The van der Waals surface area contributed by atoms with Gasteiger partial charge in [-0.2, -0.15) is 4.31 Å². The molecule has 6 rings (SSSR count). The molecule has 5 aromatic rings. The van der Waals surface area contributed by atoms with Crippen LogP contribution in [0.5, 0.6) is 0 Å². The van der Waals surface area contributed by atoms with Gasteiger partial charge in [0.05, 0.1) is 24.8 Å². The molecule has 1 N–H and O–H groups in total. The predicted molar refractivity (Wildman–Crippen MR) is 140 cm³/mol. The molecule has 1 aliphatic rings. The number of nitrogens with one attached hydrogen (secondary N) is 1. The van der Waals surface area contributed by atoms with Crippen LogP contribution in [0.2, 0.25) is 0 Å². The van der Waals surface area contributed by atoms with E-state index in [4.69, 9.17) is 0 Å². The van der Waals surface area contributed by atoms with Crippen LogP contribution in [0.15, 0.2) is 65.6 Å². The molecule has 35 heavy (non-hydrogen) atoms. The highest BCUT2D eigenvalue weighted by atomic mass is 32.2. The average molecular weight is 521 g/mol. The van der Waals surface area contributed by atoms with Gasteiger partial charge in [-0.3, -0.25) is 10.1 Å². The fraction of sp³-hybridized carbons (Fsp3) is 0.160. The molecule has 10 heteroatoms. The van der Waals surface area contributed by atoms with E-state index in [1.54, 1.807) is 11.3 Å². The van der Waals surface area contributed by atoms with Crippen LogP contribution >= 0.6 is 22.7 Å². The van der Waals surface area contributed by atoms with E-state index in [1.807, 2.05) is 43.3 Å². The van der Waals surface area contributed by atoms with E-state index in [1.165, 1.54) is 45.5 Å². The smallest absolute Gasteiger partial charge is 0.257 e. The second kappa shape index (κ2) is 8.49. The number of aryl methyl sites for hydroxylation is 1. The monoisotopic (exact) mass is 520 g/mol. The van der Waals surface area contributed by atoms with Gasteiger partial charge >= 0.3 is 0 Å². The Morgan fingerprint density at radius 2 is 1.74 bits per heavy atom. The molecule has 0 radical (unpaired) electrons. The Kier molecular flexibility index (Phi) is 5.41. The number of fused-ring (bicyclic) bond motifs is 4. The van der Waals surface area contributed by atoms with Crippen LogP contribution in [0.25, 0.3) is 20.4 Å². The van der Waals surface area contributed by atoms with Crippen molar-refractivity contribution in [2.75, 3.05) is 11.9 Å². The summed E-state index contributed by atoms with van der Waals surface area (Å²) in [5, 5.41) is 4.30. The number of sulfonamides is 1. The summed E-state index contributed by atoms with van der Waals surface area (Å²) in [6.07, 6.45) is 0.685. The third kappa shape index (κ3) is 4.02. The maximum atomic E-state index is 13.2. The van der Waals surface area contributed by atoms with Crippen molar-refractivity contribution in [1.29, 1.82) is 0 Å². The van der Waals surface area contributed by atoms with E-state index in [-0.39, 0.29) is 10.8 Å². The molecule has 0 unspecified atom stereocenters. The Hall–Kier alpha value is -3.18. The van der Waals surface area contributed by atoms with E-state index < -0.39 is 10.0 Å². The van der Waals surface area contributed by atoms with E-state index in [9.17, 15) is 13.2 Å². The second-order valence-electron chi connectivity index (χ2n) is 8.35. The summed E-state index contributed by atoms with van der Waals surface area (Å²) in [6, 6.07) is 17.9. The van der Waals surface area contributed by atoms with Gasteiger partial charge in [-0.15, -0.1) is 11.3 Å². The van der Waals surface area contributed by atoms with Crippen LogP contribution in [0.1, 0.15) is 26.5 Å². The fourth-order valence-corrected chi connectivity index (χ4v) is 7.58. The van der Waals surface area contributed by atoms with Crippen molar-refractivity contribution in [3.8, 4) is 0 Å². The quantitative estimate of drug-likeness (QED) is 0.351. The highest BCUT2D eigenvalue weighted by molar-refractivity contribution is 7.89. The van der Waals surface area contributed by atoms with Crippen LogP contribution in [-0.4, -0.2) is 35.1 Å². The minimum Gasteiger partial charge on any atom is -0.298 e. The molecule has 1 aliphatic heterocycles. The van der Waals surface area contributed by atoms with Crippen molar-refractivity contribution in [2.45, 2.75) is 24.8 Å². The minimum absolute atomic E-state index is 0.176. The number of benzene rings is 3. The van der Waals surface area contributed by atoms with Gasteiger partial charge in [-0.1, -0.05) is 35.6 Å². The number of amides is 1. The normalized spacial score (nSPS) is 14.3. The van der Waals surface area contributed by atoms with Gasteiger partial charge in [0, 0.05) is 18.7 Å². The number of hydrogen-bond donors (Lipinski definition) is 1. The summed E-state index contributed by atoms with van der Waals surface area (Å²) in [7, 11) is -3.66.